The molecular weight excluding hydrogens is 928 g/mol. The van der Waals surface area contributed by atoms with Crippen molar-refractivity contribution in [3.8, 4) is 23.0 Å². The number of halogens is 8. The van der Waals surface area contributed by atoms with Crippen molar-refractivity contribution in [1.29, 1.82) is 0 Å². The molecule has 0 radical (unpaired) electrons. The van der Waals surface area contributed by atoms with Gasteiger partial charge in [0, 0.05) is 26.2 Å². The van der Waals surface area contributed by atoms with E-state index in [1.54, 1.807) is 0 Å². The fraction of sp³-hybridized carbons (Fsp3) is 0.429. The van der Waals surface area contributed by atoms with Crippen molar-refractivity contribution in [1.82, 2.24) is 9.80 Å². The molecule has 0 saturated carbocycles. The summed E-state index contributed by atoms with van der Waals surface area (Å²) in [5.74, 6) is 0.390. The smallest absolute Gasteiger partial charge is 0.872 e. The second-order valence-corrected chi connectivity index (χ2v) is 16.3. The first-order valence-corrected chi connectivity index (χ1v) is 21.4. The first-order chi connectivity index (χ1) is 26.2. The molecule has 4 aromatic rings. The molecule has 6 nitrogen and oxygen atoms in total. The van der Waals surface area contributed by atoms with Crippen LogP contribution in [0, 0.1) is 55.4 Å². The Bertz CT molecular complexity index is 1490. The van der Waals surface area contributed by atoms with Gasteiger partial charge in [0.2, 0.25) is 0 Å². The molecule has 0 aliphatic carbocycles. The molecule has 0 fully saturated rings. The monoisotopic (exact) mass is 978 g/mol. The van der Waals surface area contributed by atoms with Gasteiger partial charge in [0.25, 0.3) is 0 Å². The van der Waals surface area contributed by atoms with Crippen molar-refractivity contribution in [3.05, 3.63) is 115 Å². The molecule has 57 heavy (non-hydrogen) atoms. The van der Waals surface area contributed by atoms with Gasteiger partial charge in [-0.3, -0.25) is 9.80 Å². The normalized spacial score (nSPS) is 9.89. The first kappa shape index (κ1) is 60.3. The zero-order valence-electron chi connectivity index (χ0n) is 34.3. The fourth-order valence-electron chi connectivity index (χ4n) is 5.91. The molecule has 0 unspecified atom stereocenters. The van der Waals surface area contributed by atoms with E-state index in [0.717, 1.165) is 66.8 Å². The third-order valence-corrected chi connectivity index (χ3v) is 7.74. The van der Waals surface area contributed by atoms with E-state index in [-0.39, 0.29) is 66.1 Å². The Morgan fingerprint density at radius 1 is 0.351 bits per heavy atom. The van der Waals surface area contributed by atoms with E-state index in [2.05, 4.69) is 0 Å². The Morgan fingerprint density at radius 3 is 0.632 bits per heavy atom. The number of aryl methyl sites for hydroxylation is 8. The summed E-state index contributed by atoms with van der Waals surface area (Å²) in [6, 6.07) is 15.4. The summed E-state index contributed by atoms with van der Waals surface area (Å²) >= 11 is 38.1. The van der Waals surface area contributed by atoms with Crippen LogP contribution >= 0.6 is 92.8 Å². The predicted molar refractivity (Wildman–Crippen MR) is 238 cm³/mol. The minimum Gasteiger partial charge on any atom is -0.872 e. The molecule has 4 rings (SSSR count). The summed E-state index contributed by atoms with van der Waals surface area (Å²) in [5, 5.41) is 49.6. The Hall–Kier alpha value is -0.966. The summed E-state index contributed by atoms with van der Waals surface area (Å²) < 4.78 is 0. The van der Waals surface area contributed by atoms with Gasteiger partial charge in [-0.05, 0) is 91.7 Å². The minimum atomic E-state index is 0. The molecule has 0 atom stereocenters. The standard InChI is InChI=1S/2C19H25NO2.4CH2Cl2.Ti/c2*1-12-6-14(3)18(21)16(8-12)10-20(5)11-17-9-13(2)7-15(4)19(17)22;4*2-1-3;/h2*6-9,21-22H,10-11H2,1-5H3;4*1H2;/q;;;;;;+4/p-4. The van der Waals surface area contributed by atoms with Crippen LogP contribution in [0.3, 0.4) is 0 Å². The van der Waals surface area contributed by atoms with E-state index >= 15 is 0 Å². The van der Waals surface area contributed by atoms with Crippen molar-refractivity contribution < 1.29 is 42.1 Å². The molecule has 0 saturated heterocycles. The Balaban J connectivity index is -0.000000790. The summed E-state index contributed by atoms with van der Waals surface area (Å²) in [4.78, 5) is 4.04. The van der Waals surface area contributed by atoms with Gasteiger partial charge in [0.1, 0.15) is 0 Å². The van der Waals surface area contributed by atoms with Gasteiger partial charge in [-0.25, -0.2) is 0 Å². The van der Waals surface area contributed by atoms with Crippen LogP contribution < -0.4 is 20.4 Å². The molecule has 0 spiro atoms. The molecule has 15 heteroatoms. The fourth-order valence-corrected chi connectivity index (χ4v) is 5.91. The summed E-state index contributed by atoms with van der Waals surface area (Å²) in [6.07, 6.45) is 0. The average molecular weight is 982 g/mol. The van der Waals surface area contributed by atoms with Gasteiger partial charge >= 0.3 is 21.7 Å². The maximum atomic E-state index is 12.2. The summed E-state index contributed by atoms with van der Waals surface area (Å²) in [5.41, 5.74) is 10.6. The summed E-state index contributed by atoms with van der Waals surface area (Å²) in [7, 11) is 3.88. The number of rotatable bonds is 8. The van der Waals surface area contributed by atoms with Gasteiger partial charge in [0.05, 0.1) is 21.4 Å². The van der Waals surface area contributed by atoms with Crippen molar-refractivity contribution in [2.45, 2.75) is 81.6 Å². The zero-order chi connectivity index (χ0) is 43.7. The quantitative estimate of drug-likeness (QED) is 0.129. The third-order valence-electron chi connectivity index (χ3n) is 7.74. The first-order valence-electron chi connectivity index (χ1n) is 17.1. The van der Waals surface area contributed by atoms with Crippen LogP contribution in [-0.4, -0.2) is 45.3 Å². The van der Waals surface area contributed by atoms with Crippen LogP contribution in [0.2, 0.25) is 0 Å². The average Bonchev–Trinajstić information content (AvgIpc) is 3.08. The van der Waals surface area contributed by atoms with E-state index < -0.39 is 0 Å². The van der Waals surface area contributed by atoms with Gasteiger partial charge in [0.15, 0.2) is 0 Å². The number of benzene rings is 4. The Morgan fingerprint density at radius 2 is 0.491 bits per heavy atom. The molecule has 4 aromatic carbocycles. The molecule has 0 heterocycles. The SMILES string of the molecule is Cc1cc(C)c([O-])c(CN(C)Cc2cc(C)cc(C)c2[O-])c1.Cc1cc(C)c([O-])c(CN(C)Cc2cc(C)cc(C)c2[O-])c1.ClCCl.ClCCl.ClCCl.ClCCl.[Ti+4]. The van der Waals surface area contributed by atoms with Crippen molar-refractivity contribution in [3.63, 3.8) is 0 Å². The Kier molecular flexibility index (Phi) is 35.7. The maximum Gasteiger partial charge on any atom is 4.00 e. The summed E-state index contributed by atoms with van der Waals surface area (Å²) in [6.45, 7) is 17.6. The topological polar surface area (TPSA) is 98.7 Å². The Labute approximate surface area is 396 Å². The van der Waals surface area contributed by atoms with Gasteiger partial charge in [-0.2, -0.15) is 0 Å². The van der Waals surface area contributed by atoms with Gasteiger partial charge in [-0.15, -0.1) is 116 Å². The van der Waals surface area contributed by atoms with E-state index in [4.69, 9.17) is 92.8 Å². The second kappa shape index (κ2) is 33.7. The van der Waals surface area contributed by atoms with Gasteiger partial charge in [-0.1, -0.05) is 93.0 Å². The largest absolute Gasteiger partial charge is 4.00 e. The zero-order valence-corrected chi connectivity index (χ0v) is 41.9. The van der Waals surface area contributed by atoms with E-state index in [9.17, 15) is 20.4 Å². The minimum absolute atomic E-state index is 0. The molecule has 0 aliphatic rings. The van der Waals surface area contributed by atoms with Crippen LogP contribution in [0.4, 0.5) is 0 Å². The number of hydrogen-bond donors (Lipinski definition) is 0. The van der Waals surface area contributed by atoms with Crippen LogP contribution in [0.25, 0.3) is 0 Å². The number of hydrogen-bond acceptors (Lipinski definition) is 6. The molecule has 316 valence electrons. The molecule has 0 aliphatic heterocycles. The maximum absolute atomic E-state index is 12.2. The van der Waals surface area contributed by atoms with E-state index in [1.165, 1.54) is 0 Å². The van der Waals surface area contributed by atoms with Crippen molar-refractivity contribution in [2.24, 2.45) is 0 Å². The van der Waals surface area contributed by atoms with Crippen molar-refractivity contribution in [2.75, 3.05) is 35.5 Å². The molecule has 0 bridgehead atoms. The molecular formula is C42H54Cl8N2O4Ti. The molecule has 0 aromatic heterocycles. The number of nitrogens with zero attached hydrogens (tertiary/aromatic N) is 2. The number of alkyl halides is 8. The third kappa shape index (κ3) is 24.8. The van der Waals surface area contributed by atoms with Gasteiger partial charge < -0.3 is 20.4 Å². The van der Waals surface area contributed by atoms with E-state index in [0.29, 0.717) is 26.2 Å². The van der Waals surface area contributed by atoms with Crippen LogP contribution in [-0.2, 0) is 47.9 Å². The predicted octanol–water partition coefficient (Wildman–Crippen LogP) is 11.1. The van der Waals surface area contributed by atoms with Crippen LogP contribution in [0.5, 0.6) is 23.0 Å². The molecule has 0 N–H and O–H groups in total. The van der Waals surface area contributed by atoms with Crippen LogP contribution in [0.15, 0.2) is 48.5 Å². The molecule has 0 amide bonds. The van der Waals surface area contributed by atoms with Crippen molar-refractivity contribution >= 4 is 92.8 Å². The second-order valence-electron chi connectivity index (χ2n) is 13.0. The van der Waals surface area contributed by atoms with Crippen LogP contribution in [0.1, 0.15) is 66.8 Å². The van der Waals surface area contributed by atoms with E-state index in [1.807, 2.05) is 128 Å².